The standard InChI is InChI=1S/C19H21FN2O3/c1-13(14-7-9-16(20)10-8-14)21-18(23)12-25-19(24)15-5-4-6-17(11-15)22(2)3/h4-11,13H,12H2,1-3H3,(H,21,23)/t13-/m1/s1. The number of nitrogens with zero attached hydrogens (tertiary/aromatic N) is 1. The highest BCUT2D eigenvalue weighted by molar-refractivity contribution is 5.92. The molecule has 2 aromatic rings. The maximum Gasteiger partial charge on any atom is 0.338 e. The van der Waals surface area contributed by atoms with E-state index in [1.54, 1.807) is 37.3 Å². The zero-order chi connectivity index (χ0) is 18.4. The third kappa shape index (κ3) is 5.31. The summed E-state index contributed by atoms with van der Waals surface area (Å²) in [5, 5.41) is 2.71. The van der Waals surface area contributed by atoms with Gasteiger partial charge in [-0.2, -0.15) is 0 Å². The fourth-order valence-corrected chi connectivity index (χ4v) is 2.24. The Labute approximate surface area is 146 Å². The summed E-state index contributed by atoms with van der Waals surface area (Å²) in [6.45, 7) is 1.39. The average Bonchev–Trinajstić information content (AvgIpc) is 2.60. The molecular formula is C19H21FN2O3. The SMILES string of the molecule is C[C@@H](NC(=O)COC(=O)c1cccc(N(C)C)c1)c1ccc(F)cc1. The molecule has 0 heterocycles. The van der Waals surface area contributed by atoms with E-state index in [0.29, 0.717) is 5.56 Å². The van der Waals surface area contributed by atoms with Gasteiger partial charge in [-0.25, -0.2) is 9.18 Å². The van der Waals surface area contributed by atoms with E-state index in [2.05, 4.69) is 5.32 Å². The van der Waals surface area contributed by atoms with Crippen LogP contribution < -0.4 is 10.2 Å². The molecule has 1 amide bonds. The first-order valence-corrected chi connectivity index (χ1v) is 7.86. The predicted molar refractivity (Wildman–Crippen MR) is 94.0 cm³/mol. The predicted octanol–water partition coefficient (Wildman–Crippen LogP) is 2.93. The second-order valence-electron chi connectivity index (χ2n) is 5.86. The highest BCUT2D eigenvalue weighted by atomic mass is 19.1. The second-order valence-corrected chi connectivity index (χ2v) is 5.86. The lowest BCUT2D eigenvalue weighted by Gasteiger charge is -2.15. The quantitative estimate of drug-likeness (QED) is 0.819. The lowest BCUT2D eigenvalue weighted by atomic mass is 10.1. The molecule has 0 saturated heterocycles. The number of rotatable bonds is 6. The third-order valence-corrected chi connectivity index (χ3v) is 3.68. The van der Waals surface area contributed by atoms with E-state index in [1.165, 1.54) is 12.1 Å². The van der Waals surface area contributed by atoms with Crippen molar-refractivity contribution in [1.29, 1.82) is 0 Å². The monoisotopic (exact) mass is 344 g/mol. The summed E-state index contributed by atoms with van der Waals surface area (Å²) in [5.41, 5.74) is 2.01. The molecule has 25 heavy (non-hydrogen) atoms. The van der Waals surface area contributed by atoms with E-state index in [1.807, 2.05) is 25.1 Å². The lowest BCUT2D eigenvalue weighted by Crippen LogP contribution is -2.31. The number of ether oxygens (including phenoxy) is 1. The van der Waals surface area contributed by atoms with Gasteiger partial charge in [0.25, 0.3) is 5.91 Å². The lowest BCUT2D eigenvalue weighted by molar-refractivity contribution is -0.124. The van der Waals surface area contributed by atoms with Gasteiger partial charge in [0.05, 0.1) is 11.6 Å². The molecule has 132 valence electrons. The summed E-state index contributed by atoms with van der Waals surface area (Å²) in [7, 11) is 3.74. The summed E-state index contributed by atoms with van der Waals surface area (Å²) >= 11 is 0. The number of nitrogens with one attached hydrogen (secondary N) is 1. The van der Waals surface area contributed by atoms with Crippen LogP contribution in [0.1, 0.15) is 28.9 Å². The van der Waals surface area contributed by atoms with E-state index in [4.69, 9.17) is 4.74 Å². The van der Waals surface area contributed by atoms with Crippen molar-refractivity contribution in [3.8, 4) is 0 Å². The Balaban J connectivity index is 1.88. The van der Waals surface area contributed by atoms with Crippen LogP contribution in [-0.2, 0) is 9.53 Å². The molecule has 0 fully saturated rings. The van der Waals surface area contributed by atoms with Crippen LogP contribution in [0.3, 0.4) is 0 Å². The van der Waals surface area contributed by atoms with Gasteiger partial charge in [0.15, 0.2) is 6.61 Å². The van der Waals surface area contributed by atoms with Gasteiger partial charge in [-0.05, 0) is 42.8 Å². The molecular weight excluding hydrogens is 323 g/mol. The number of hydrogen-bond donors (Lipinski definition) is 1. The van der Waals surface area contributed by atoms with Gasteiger partial charge in [0.2, 0.25) is 0 Å². The summed E-state index contributed by atoms with van der Waals surface area (Å²) in [4.78, 5) is 25.9. The fraction of sp³-hybridized carbons (Fsp3) is 0.263. The summed E-state index contributed by atoms with van der Waals surface area (Å²) in [5.74, 6) is -1.32. The van der Waals surface area contributed by atoms with Crippen LogP contribution in [0.15, 0.2) is 48.5 Å². The first-order valence-electron chi connectivity index (χ1n) is 7.86. The van der Waals surface area contributed by atoms with Crippen molar-refractivity contribution in [3.05, 3.63) is 65.5 Å². The Morgan fingerprint density at radius 1 is 1.16 bits per heavy atom. The molecule has 0 aliphatic heterocycles. The Kier molecular flexibility index (Phi) is 6.11. The van der Waals surface area contributed by atoms with Crippen LogP contribution in [-0.4, -0.2) is 32.6 Å². The first kappa shape index (κ1) is 18.4. The van der Waals surface area contributed by atoms with Crippen molar-refractivity contribution in [3.63, 3.8) is 0 Å². The smallest absolute Gasteiger partial charge is 0.338 e. The van der Waals surface area contributed by atoms with Gasteiger partial charge in [-0.3, -0.25) is 4.79 Å². The van der Waals surface area contributed by atoms with Crippen molar-refractivity contribution >= 4 is 17.6 Å². The van der Waals surface area contributed by atoms with Gasteiger partial charge in [-0.1, -0.05) is 18.2 Å². The number of carbonyl (C=O) groups is 2. The Hall–Kier alpha value is -2.89. The van der Waals surface area contributed by atoms with E-state index >= 15 is 0 Å². The molecule has 0 unspecified atom stereocenters. The number of anilines is 1. The number of benzene rings is 2. The molecule has 0 saturated carbocycles. The molecule has 0 bridgehead atoms. The van der Waals surface area contributed by atoms with Crippen molar-refractivity contribution in [2.24, 2.45) is 0 Å². The van der Waals surface area contributed by atoms with Crippen molar-refractivity contribution < 1.29 is 18.7 Å². The van der Waals surface area contributed by atoms with Gasteiger partial charge < -0.3 is 15.0 Å². The summed E-state index contributed by atoms with van der Waals surface area (Å²) in [6.07, 6.45) is 0. The molecule has 1 atom stereocenters. The van der Waals surface area contributed by atoms with Crippen molar-refractivity contribution in [2.75, 3.05) is 25.6 Å². The zero-order valence-electron chi connectivity index (χ0n) is 14.5. The van der Waals surface area contributed by atoms with Gasteiger partial charge in [0, 0.05) is 19.8 Å². The van der Waals surface area contributed by atoms with Crippen molar-refractivity contribution in [1.82, 2.24) is 5.32 Å². The van der Waals surface area contributed by atoms with Crippen LogP contribution in [0.25, 0.3) is 0 Å². The fourth-order valence-electron chi connectivity index (χ4n) is 2.24. The maximum atomic E-state index is 12.9. The molecule has 1 N–H and O–H groups in total. The van der Waals surface area contributed by atoms with Crippen LogP contribution in [0.4, 0.5) is 10.1 Å². The zero-order valence-corrected chi connectivity index (χ0v) is 14.5. The molecule has 0 aliphatic rings. The van der Waals surface area contributed by atoms with Crippen LogP contribution in [0.2, 0.25) is 0 Å². The van der Waals surface area contributed by atoms with Crippen LogP contribution >= 0.6 is 0 Å². The Morgan fingerprint density at radius 2 is 1.84 bits per heavy atom. The molecule has 5 nitrogen and oxygen atoms in total. The molecule has 2 rings (SSSR count). The Bertz CT molecular complexity index is 745. The summed E-state index contributed by atoms with van der Waals surface area (Å²) in [6, 6.07) is 12.5. The summed E-state index contributed by atoms with van der Waals surface area (Å²) < 4.78 is 18.0. The number of hydrogen-bond acceptors (Lipinski definition) is 4. The van der Waals surface area contributed by atoms with Gasteiger partial charge in [-0.15, -0.1) is 0 Å². The molecule has 0 spiro atoms. The first-order chi connectivity index (χ1) is 11.9. The van der Waals surface area contributed by atoms with Gasteiger partial charge >= 0.3 is 5.97 Å². The minimum absolute atomic E-state index is 0.316. The molecule has 2 aromatic carbocycles. The largest absolute Gasteiger partial charge is 0.452 e. The minimum Gasteiger partial charge on any atom is -0.452 e. The van der Waals surface area contributed by atoms with E-state index in [-0.39, 0.29) is 18.5 Å². The molecule has 0 radical (unpaired) electrons. The maximum absolute atomic E-state index is 12.9. The number of halogens is 1. The number of esters is 1. The highest BCUT2D eigenvalue weighted by Crippen LogP contribution is 2.15. The average molecular weight is 344 g/mol. The number of amides is 1. The second kappa shape index (κ2) is 8.28. The molecule has 0 aliphatic carbocycles. The van der Waals surface area contributed by atoms with Gasteiger partial charge in [0.1, 0.15) is 5.82 Å². The number of carbonyl (C=O) groups excluding carboxylic acids is 2. The molecule has 0 aromatic heterocycles. The van der Waals surface area contributed by atoms with E-state index < -0.39 is 11.9 Å². The Morgan fingerprint density at radius 3 is 2.48 bits per heavy atom. The van der Waals surface area contributed by atoms with Crippen molar-refractivity contribution in [2.45, 2.75) is 13.0 Å². The van der Waals surface area contributed by atoms with Crippen LogP contribution in [0, 0.1) is 5.82 Å². The van der Waals surface area contributed by atoms with E-state index in [9.17, 15) is 14.0 Å². The highest BCUT2D eigenvalue weighted by Gasteiger charge is 2.14. The topological polar surface area (TPSA) is 58.6 Å². The van der Waals surface area contributed by atoms with Crippen LogP contribution in [0.5, 0.6) is 0 Å². The third-order valence-electron chi connectivity index (χ3n) is 3.68. The molecule has 6 heteroatoms. The normalized spacial score (nSPS) is 11.5. The van der Waals surface area contributed by atoms with E-state index in [0.717, 1.165) is 11.3 Å². The minimum atomic E-state index is -0.562.